The van der Waals surface area contributed by atoms with E-state index in [1.165, 1.54) is 50.5 Å². The largest absolute Gasteiger partial charge is 0.394 e. The second-order valence-electron chi connectivity index (χ2n) is 13.6. The molecular weight excluding hydrogens is 424 g/mol. The summed E-state index contributed by atoms with van der Waals surface area (Å²) in [4.78, 5) is 0. The fourth-order valence-corrected chi connectivity index (χ4v) is 9.68. The van der Waals surface area contributed by atoms with Crippen molar-refractivity contribution < 1.29 is 20.4 Å². The molecule has 0 saturated heterocycles. The number of aliphatic hydroxyl groups excluding tert-OH is 4. The molecule has 0 heterocycles. The molecule has 0 aliphatic heterocycles. The highest BCUT2D eigenvalue weighted by molar-refractivity contribution is 5.28. The van der Waals surface area contributed by atoms with Crippen LogP contribution < -0.4 is 0 Å². The Bertz CT molecular complexity index is 733. The van der Waals surface area contributed by atoms with Gasteiger partial charge in [0.25, 0.3) is 0 Å². The Morgan fingerprint density at radius 3 is 2.41 bits per heavy atom. The van der Waals surface area contributed by atoms with Gasteiger partial charge in [-0.15, -0.1) is 0 Å². The van der Waals surface area contributed by atoms with E-state index in [0.29, 0.717) is 30.1 Å². The molecule has 0 aromatic carbocycles. The Hall–Kier alpha value is -0.420. The normalized spacial score (nSPS) is 44.6. The van der Waals surface area contributed by atoms with Crippen molar-refractivity contribution >= 4 is 0 Å². The van der Waals surface area contributed by atoms with E-state index >= 15 is 0 Å². The summed E-state index contributed by atoms with van der Waals surface area (Å²) in [5, 5.41) is 41.6. The molecule has 34 heavy (non-hydrogen) atoms. The number of rotatable bonds is 8. The average molecular weight is 477 g/mol. The topological polar surface area (TPSA) is 80.9 Å². The van der Waals surface area contributed by atoms with E-state index in [9.17, 15) is 20.4 Å². The smallest absolute Gasteiger partial charge is 0.103 e. The molecule has 0 aromatic rings. The molecule has 0 radical (unpaired) electrons. The van der Waals surface area contributed by atoms with E-state index in [1.807, 2.05) is 0 Å². The first kappa shape index (κ1) is 26.6. The zero-order chi connectivity index (χ0) is 24.8. The summed E-state index contributed by atoms with van der Waals surface area (Å²) in [6.07, 6.45) is 11.2. The van der Waals surface area contributed by atoms with E-state index in [2.05, 4.69) is 40.7 Å². The maximum Gasteiger partial charge on any atom is 0.103 e. The first-order valence-electron chi connectivity index (χ1n) is 14.4. The lowest BCUT2D eigenvalue weighted by atomic mass is 9.44. The van der Waals surface area contributed by atoms with E-state index in [0.717, 1.165) is 30.1 Å². The number of hydrogen-bond acceptors (Lipinski definition) is 4. The zero-order valence-corrected chi connectivity index (χ0v) is 22.4. The third-order valence-electron chi connectivity index (χ3n) is 11.5. The summed E-state index contributed by atoms with van der Waals surface area (Å²) in [5.74, 6) is 4.01. The molecule has 4 N–H and O–H groups in total. The van der Waals surface area contributed by atoms with Crippen LogP contribution in [0, 0.1) is 52.3 Å². The van der Waals surface area contributed by atoms with Crippen LogP contribution in [0.4, 0.5) is 0 Å². The minimum absolute atomic E-state index is 0.208. The highest BCUT2D eigenvalue weighted by Gasteiger charge is 2.62. The fourth-order valence-electron chi connectivity index (χ4n) is 9.68. The van der Waals surface area contributed by atoms with Crippen LogP contribution in [-0.2, 0) is 0 Å². The van der Waals surface area contributed by atoms with Crippen LogP contribution in [0.15, 0.2) is 11.6 Å². The molecule has 3 fully saturated rings. The predicted molar refractivity (Wildman–Crippen MR) is 137 cm³/mol. The summed E-state index contributed by atoms with van der Waals surface area (Å²) in [7, 11) is 0. The quantitative estimate of drug-likeness (QED) is 0.357. The van der Waals surface area contributed by atoms with Crippen molar-refractivity contribution in [3.8, 4) is 0 Å². The second-order valence-corrected chi connectivity index (χ2v) is 13.6. The van der Waals surface area contributed by atoms with Gasteiger partial charge in [-0.3, -0.25) is 0 Å². The van der Waals surface area contributed by atoms with Crippen LogP contribution in [0.25, 0.3) is 0 Å². The molecule has 196 valence electrons. The van der Waals surface area contributed by atoms with E-state index in [-0.39, 0.29) is 11.3 Å². The Morgan fingerprint density at radius 2 is 1.74 bits per heavy atom. The van der Waals surface area contributed by atoms with E-state index in [4.69, 9.17) is 0 Å². The van der Waals surface area contributed by atoms with Crippen LogP contribution in [-0.4, -0.2) is 45.3 Å². The molecule has 3 unspecified atom stereocenters. The Labute approximate surface area is 208 Å². The lowest BCUT2D eigenvalue weighted by molar-refractivity contribution is -0.134. The van der Waals surface area contributed by atoms with Gasteiger partial charge in [0.05, 0.1) is 18.8 Å². The van der Waals surface area contributed by atoms with Gasteiger partial charge in [0.1, 0.15) is 6.10 Å². The highest BCUT2D eigenvalue weighted by Crippen LogP contribution is 2.68. The van der Waals surface area contributed by atoms with Gasteiger partial charge in [-0.2, -0.15) is 0 Å². The lowest BCUT2D eigenvalue weighted by Gasteiger charge is -2.61. The SMILES string of the molecule is CC(C)CCC[C@@H](C)[C@H]1CC[C@H]2[C@@H]3CC=C4C[C@@H](O)CC(C(O)C(O)CO)[C@@]4(C)[C@H]3CC[C@]12C. The molecule has 11 atom stereocenters. The van der Waals surface area contributed by atoms with Crippen molar-refractivity contribution in [3.63, 3.8) is 0 Å². The molecular formula is C30H52O4. The fraction of sp³-hybridized carbons (Fsp3) is 0.933. The third kappa shape index (κ3) is 4.44. The summed E-state index contributed by atoms with van der Waals surface area (Å²) in [5.41, 5.74) is 1.49. The summed E-state index contributed by atoms with van der Waals surface area (Å²) in [6.45, 7) is 11.6. The first-order valence-corrected chi connectivity index (χ1v) is 14.4. The van der Waals surface area contributed by atoms with E-state index < -0.39 is 24.9 Å². The number of fused-ring (bicyclic) bond motifs is 5. The van der Waals surface area contributed by atoms with E-state index in [1.54, 1.807) is 0 Å². The van der Waals surface area contributed by atoms with Crippen molar-refractivity contribution in [1.29, 1.82) is 0 Å². The maximum atomic E-state index is 11.1. The highest BCUT2D eigenvalue weighted by atomic mass is 16.4. The van der Waals surface area contributed by atoms with Crippen molar-refractivity contribution in [2.45, 2.75) is 117 Å². The minimum atomic E-state index is -1.15. The molecule has 0 spiro atoms. The van der Waals surface area contributed by atoms with Gasteiger partial charge in [0, 0.05) is 0 Å². The number of allylic oxidation sites excluding steroid dienone is 1. The Balaban J connectivity index is 1.57. The number of aliphatic hydroxyl groups is 4. The monoisotopic (exact) mass is 476 g/mol. The van der Waals surface area contributed by atoms with Crippen LogP contribution >= 0.6 is 0 Å². The first-order chi connectivity index (χ1) is 16.0. The van der Waals surface area contributed by atoms with Crippen LogP contribution in [0.5, 0.6) is 0 Å². The standard InChI is InChI=1S/C30H52O4/c1-18(2)7-6-8-19(3)23-11-12-24-22-10-9-20-15-21(32)16-26(28(34)27(33)17-31)30(20,5)25(22)13-14-29(23,24)4/h9,18-19,21-28,31-34H,6-8,10-17H2,1-5H3/t19-,21-,22+,23-,24+,25+,26?,27?,28?,29-,30-/m1/s1. The van der Waals surface area contributed by atoms with Crippen molar-refractivity contribution in [2.24, 2.45) is 52.3 Å². The van der Waals surface area contributed by atoms with Crippen molar-refractivity contribution in [1.82, 2.24) is 0 Å². The third-order valence-corrected chi connectivity index (χ3v) is 11.5. The van der Waals surface area contributed by atoms with Crippen molar-refractivity contribution in [2.75, 3.05) is 6.61 Å². The molecule has 4 heteroatoms. The molecule has 0 aromatic heterocycles. The predicted octanol–water partition coefficient (Wildman–Crippen LogP) is 5.33. The summed E-state index contributed by atoms with van der Waals surface area (Å²) in [6, 6.07) is 0. The molecule has 4 aliphatic rings. The number of hydrogen-bond donors (Lipinski definition) is 4. The van der Waals surface area contributed by atoms with Gasteiger partial charge in [0.2, 0.25) is 0 Å². The van der Waals surface area contributed by atoms with Gasteiger partial charge < -0.3 is 20.4 Å². The average Bonchev–Trinajstić information content (AvgIpc) is 3.15. The lowest BCUT2D eigenvalue weighted by Crippen LogP contribution is -2.57. The maximum absolute atomic E-state index is 11.1. The molecule has 4 rings (SSSR count). The van der Waals surface area contributed by atoms with Gasteiger partial charge in [-0.25, -0.2) is 0 Å². The zero-order valence-electron chi connectivity index (χ0n) is 22.4. The molecule has 0 amide bonds. The molecule has 4 nitrogen and oxygen atoms in total. The summed E-state index contributed by atoms with van der Waals surface area (Å²) < 4.78 is 0. The molecule has 0 bridgehead atoms. The van der Waals surface area contributed by atoms with Crippen LogP contribution in [0.1, 0.15) is 98.8 Å². The van der Waals surface area contributed by atoms with Crippen molar-refractivity contribution in [3.05, 3.63) is 11.6 Å². The van der Waals surface area contributed by atoms with Gasteiger partial charge in [-0.1, -0.05) is 65.5 Å². The Morgan fingerprint density at radius 1 is 1.00 bits per heavy atom. The molecule has 3 saturated carbocycles. The minimum Gasteiger partial charge on any atom is -0.394 e. The second kappa shape index (κ2) is 10.1. The van der Waals surface area contributed by atoms with Crippen LogP contribution in [0.3, 0.4) is 0 Å². The Kier molecular flexibility index (Phi) is 7.95. The van der Waals surface area contributed by atoms with Gasteiger partial charge in [0.15, 0.2) is 0 Å². The summed E-state index contributed by atoms with van der Waals surface area (Å²) >= 11 is 0. The van der Waals surface area contributed by atoms with Crippen LogP contribution in [0.2, 0.25) is 0 Å². The van der Waals surface area contributed by atoms with Gasteiger partial charge in [-0.05, 0) is 97.2 Å². The van der Waals surface area contributed by atoms with Gasteiger partial charge >= 0.3 is 0 Å². The molecule has 4 aliphatic carbocycles.